The Balaban J connectivity index is 1.67. The Hall–Kier alpha value is -4.06. The summed E-state index contributed by atoms with van der Waals surface area (Å²) in [7, 11) is 0. The lowest BCUT2D eigenvalue weighted by atomic mass is 9.93. The highest BCUT2D eigenvalue weighted by Gasteiger charge is 2.47. The van der Waals surface area contributed by atoms with Crippen LogP contribution in [0.15, 0.2) is 72.3 Å². The number of Topliss-reactive ketones (excluding diaryl/α,β-unsaturated/α-hetero) is 1. The van der Waals surface area contributed by atoms with E-state index in [4.69, 9.17) is 4.74 Å². The third kappa shape index (κ3) is 4.05. The van der Waals surface area contributed by atoms with Crippen LogP contribution < -0.4 is 9.64 Å². The molecule has 1 amide bonds. The third-order valence-corrected chi connectivity index (χ3v) is 6.65. The number of carbonyl (C=O) groups excluding carboxylic acids is 2. The number of ketones is 1. The summed E-state index contributed by atoms with van der Waals surface area (Å²) in [5.41, 5.74) is 3.57. The van der Waals surface area contributed by atoms with E-state index in [0.717, 1.165) is 29.7 Å². The van der Waals surface area contributed by atoms with Crippen LogP contribution in [0, 0.1) is 0 Å². The number of rotatable bonds is 4. The molecule has 0 saturated carbocycles. The zero-order chi connectivity index (χ0) is 24.7. The van der Waals surface area contributed by atoms with E-state index in [1.807, 2.05) is 30.3 Å². The number of hydrogen-bond acceptors (Lipinski definition) is 5. The summed E-state index contributed by atoms with van der Waals surface area (Å²) >= 11 is 0. The SMILES string of the molecule is CC(C)c1ccc(N2C(=O)C(=O)/C(=C(\O)c3ccc4c(c3)CCCO4)C2c2cccc(O)c2)cc1. The zero-order valence-corrected chi connectivity index (χ0v) is 19.7. The number of phenols is 1. The monoisotopic (exact) mass is 469 g/mol. The minimum Gasteiger partial charge on any atom is -0.508 e. The van der Waals surface area contributed by atoms with Crippen LogP contribution in [0.1, 0.15) is 54.5 Å². The average Bonchev–Trinajstić information content (AvgIpc) is 3.13. The first kappa shape index (κ1) is 22.7. The third-order valence-electron chi connectivity index (χ3n) is 6.65. The fraction of sp³-hybridized carbons (Fsp3) is 0.241. The van der Waals surface area contributed by atoms with E-state index in [-0.39, 0.29) is 17.1 Å². The predicted octanol–water partition coefficient (Wildman–Crippen LogP) is 5.47. The van der Waals surface area contributed by atoms with E-state index in [0.29, 0.717) is 29.3 Å². The van der Waals surface area contributed by atoms with Gasteiger partial charge in [0.05, 0.1) is 18.2 Å². The zero-order valence-electron chi connectivity index (χ0n) is 19.7. The summed E-state index contributed by atoms with van der Waals surface area (Å²) in [4.78, 5) is 28.1. The van der Waals surface area contributed by atoms with Crippen molar-refractivity contribution in [1.29, 1.82) is 0 Å². The number of fused-ring (bicyclic) bond motifs is 1. The number of anilines is 1. The van der Waals surface area contributed by atoms with Gasteiger partial charge in [-0.3, -0.25) is 14.5 Å². The van der Waals surface area contributed by atoms with E-state index in [2.05, 4.69) is 13.8 Å². The molecule has 6 heteroatoms. The molecule has 35 heavy (non-hydrogen) atoms. The van der Waals surface area contributed by atoms with Gasteiger partial charge in [-0.05, 0) is 77.9 Å². The minimum absolute atomic E-state index is 0.00849. The first-order valence-corrected chi connectivity index (χ1v) is 11.8. The van der Waals surface area contributed by atoms with Gasteiger partial charge in [0.1, 0.15) is 17.3 Å². The summed E-state index contributed by atoms with van der Waals surface area (Å²) in [6, 6.07) is 18.3. The van der Waals surface area contributed by atoms with Gasteiger partial charge in [0, 0.05) is 11.3 Å². The smallest absolute Gasteiger partial charge is 0.300 e. The minimum atomic E-state index is -0.890. The molecule has 0 spiro atoms. The molecule has 2 heterocycles. The molecule has 2 aliphatic heterocycles. The number of nitrogens with zero attached hydrogens (tertiary/aromatic N) is 1. The quantitative estimate of drug-likeness (QED) is 0.301. The maximum absolute atomic E-state index is 13.3. The van der Waals surface area contributed by atoms with Crippen molar-refractivity contribution in [3.63, 3.8) is 0 Å². The summed E-state index contributed by atoms with van der Waals surface area (Å²) in [5.74, 6) is -0.644. The molecule has 0 aromatic heterocycles. The number of aliphatic hydroxyl groups is 1. The van der Waals surface area contributed by atoms with Gasteiger partial charge in [-0.1, -0.05) is 38.1 Å². The molecule has 3 aromatic rings. The number of aryl methyl sites for hydroxylation is 1. The van der Waals surface area contributed by atoms with Crippen molar-refractivity contribution in [3.05, 3.63) is 94.6 Å². The fourth-order valence-corrected chi connectivity index (χ4v) is 4.79. The summed E-state index contributed by atoms with van der Waals surface area (Å²) < 4.78 is 5.67. The molecule has 5 rings (SSSR count). The standard InChI is InChI=1S/C29H27NO5/c1-17(2)18-8-11-22(12-9-18)30-26(20-5-3-7-23(31)16-20)25(28(33)29(30)34)27(32)21-10-13-24-19(15-21)6-4-14-35-24/h3,5,7-13,15-17,26,31-32H,4,6,14H2,1-2H3/b27-25-. The molecule has 0 radical (unpaired) electrons. The Morgan fingerprint density at radius 3 is 2.51 bits per heavy atom. The molecule has 1 atom stereocenters. The van der Waals surface area contributed by atoms with Gasteiger partial charge >= 0.3 is 0 Å². The van der Waals surface area contributed by atoms with Crippen LogP contribution in [0.5, 0.6) is 11.5 Å². The predicted molar refractivity (Wildman–Crippen MR) is 134 cm³/mol. The van der Waals surface area contributed by atoms with Crippen molar-refractivity contribution >= 4 is 23.1 Å². The second-order valence-corrected chi connectivity index (χ2v) is 9.28. The van der Waals surface area contributed by atoms with E-state index >= 15 is 0 Å². The molecule has 2 aliphatic rings. The maximum atomic E-state index is 13.3. The molecule has 2 N–H and O–H groups in total. The van der Waals surface area contributed by atoms with Crippen molar-refractivity contribution in [2.24, 2.45) is 0 Å². The second-order valence-electron chi connectivity index (χ2n) is 9.28. The Bertz CT molecular complexity index is 1340. The average molecular weight is 470 g/mol. The number of amides is 1. The molecule has 178 valence electrons. The lowest BCUT2D eigenvalue weighted by molar-refractivity contribution is -0.132. The van der Waals surface area contributed by atoms with Crippen LogP contribution in [0.2, 0.25) is 0 Å². The highest BCUT2D eigenvalue weighted by atomic mass is 16.5. The lowest BCUT2D eigenvalue weighted by Crippen LogP contribution is -2.29. The van der Waals surface area contributed by atoms with Crippen molar-refractivity contribution in [3.8, 4) is 11.5 Å². The van der Waals surface area contributed by atoms with Crippen LogP contribution in [0.3, 0.4) is 0 Å². The molecule has 3 aromatic carbocycles. The molecule has 1 saturated heterocycles. The molecule has 0 bridgehead atoms. The number of benzene rings is 3. The summed E-state index contributed by atoms with van der Waals surface area (Å²) in [5, 5.41) is 21.5. The summed E-state index contributed by atoms with van der Waals surface area (Å²) in [6.45, 7) is 4.81. The van der Waals surface area contributed by atoms with Gasteiger partial charge in [-0.25, -0.2) is 0 Å². The van der Waals surface area contributed by atoms with Crippen LogP contribution in [0.4, 0.5) is 5.69 Å². The van der Waals surface area contributed by atoms with Gasteiger partial charge in [0.25, 0.3) is 11.7 Å². The van der Waals surface area contributed by atoms with E-state index < -0.39 is 17.7 Å². The van der Waals surface area contributed by atoms with Crippen molar-refractivity contribution in [2.75, 3.05) is 11.5 Å². The Kier molecular flexibility index (Phi) is 5.81. The Labute approximate surface area is 204 Å². The largest absolute Gasteiger partial charge is 0.508 e. The van der Waals surface area contributed by atoms with Gasteiger partial charge in [0.2, 0.25) is 0 Å². The van der Waals surface area contributed by atoms with Gasteiger partial charge in [-0.2, -0.15) is 0 Å². The van der Waals surface area contributed by atoms with E-state index in [1.54, 1.807) is 24.3 Å². The van der Waals surface area contributed by atoms with Crippen LogP contribution in [-0.2, 0) is 16.0 Å². The number of carbonyl (C=O) groups is 2. The summed E-state index contributed by atoms with van der Waals surface area (Å²) in [6.07, 6.45) is 1.68. The Morgan fingerprint density at radius 1 is 1.03 bits per heavy atom. The maximum Gasteiger partial charge on any atom is 0.300 e. The number of aromatic hydroxyl groups is 1. The number of phenolic OH excluding ortho intramolecular Hbond substituents is 1. The molecular weight excluding hydrogens is 442 g/mol. The van der Waals surface area contributed by atoms with Crippen molar-refractivity contribution in [2.45, 2.75) is 38.6 Å². The number of aliphatic hydroxyl groups excluding tert-OH is 1. The first-order chi connectivity index (χ1) is 16.8. The molecule has 0 aliphatic carbocycles. The van der Waals surface area contributed by atoms with Gasteiger partial charge in [0.15, 0.2) is 0 Å². The van der Waals surface area contributed by atoms with Crippen LogP contribution in [0.25, 0.3) is 5.76 Å². The van der Waals surface area contributed by atoms with Gasteiger partial charge in [-0.15, -0.1) is 0 Å². The molecular formula is C29H27NO5. The second kappa shape index (κ2) is 8.95. The number of hydrogen-bond donors (Lipinski definition) is 2. The molecule has 1 fully saturated rings. The van der Waals surface area contributed by atoms with E-state index in [1.165, 1.54) is 17.0 Å². The van der Waals surface area contributed by atoms with Crippen molar-refractivity contribution in [1.82, 2.24) is 0 Å². The van der Waals surface area contributed by atoms with Gasteiger partial charge < -0.3 is 14.9 Å². The number of ether oxygens (including phenoxy) is 1. The topological polar surface area (TPSA) is 87.1 Å². The van der Waals surface area contributed by atoms with Crippen molar-refractivity contribution < 1.29 is 24.5 Å². The normalized spacial score (nSPS) is 19.1. The molecule has 1 unspecified atom stereocenters. The first-order valence-electron chi connectivity index (χ1n) is 11.8. The fourth-order valence-electron chi connectivity index (χ4n) is 4.79. The lowest BCUT2D eigenvalue weighted by Gasteiger charge is -2.26. The van der Waals surface area contributed by atoms with Crippen LogP contribution in [-0.4, -0.2) is 28.5 Å². The molecule has 6 nitrogen and oxygen atoms in total. The van der Waals surface area contributed by atoms with Crippen LogP contribution >= 0.6 is 0 Å². The van der Waals surface area contributed by atoms with E-state index in [9.17, 15) is 19.8 Å². The Morgan fingerprint density at radius 2 is 1.80 bits per heavy atom. The highest BCUT2D eigenvalue weighted by molar-refractivity contribution is 6.51. The highest BCUT2D eigenvalue weighted by Crippen LogP contribution is 2.43.